The molecule has 0 spiro atoms. The monoisotopic (exact) mass is 124 g/mol. The summed E-state index contributed by atoms with van der Waals surface area (Å²) in [5, 5.41) is 8.18. The number of aromatic nitrogens is 1. The number of rotatable bonds is 0. The van der Waals surface area contributed by atoms with Crippen LogP contribution < -0.4 is 0 Å². The minimum absolute atomic E-state index is 0.106. The lowest BCUT2D eigenvalue weighted by molar-refractivity contribution is 0.582. The maximum absolute atomic E-state index is 12.1. The Labute approximate surface area is 51.6 Å². The van der Waals surface area contributed by atoms with E-state index in [-0.39, 0.29) is 5.69 Å². The molecule has 0 aliphatic rings. The summed E-state index contributed by atoms with van der Waals surface area (Å²) in [5.41, 5.74) is 0.106. The van der Waals surface area contributed by atoms with E-state index in [1.807, 2.05) is 0 Å². The highest BCUT2D eigenvalue weighted by molar-refractivity contribution is 5.18. The highest BCUT2D eigenvalue weighted by Crippen LogP contribution is 1.94. The molecule has 0 unspecified atom stereocenters. The van der Waals surface area contributed by atoms with E-state index in [0.29, 0.717) is 0 Å². The molecular formula is C6H3FN2. The molecule has 0 atom stereocenters. The molecule has 0 N–H and O–H groups in total. The van der Waals surface area contributed by atoms with Crippen LogP contribution in [0.4, 0.5) is 4.39 Å². The maximum atomic E-state index is 12.1. The molecule has 2 nitrogen and oxygen atoms in total. The van der Waals surface area contributed by atoms with Crippen molar-refractivity contribution >= 4 is 0 Å². The molecule has 0 bridgehead atoms. The Kier molecular flexibility index (Phi) is 1.41. The maximum Gasteiger partial charge on any atom is 0.214 e. The average molecular weight is 124 g/mol. The summed E-state index contributed by atoms with van der Waals surface area (Å²) in [6, 6.07) is 5.80. The van der Waals surface area contributed by atoms with Crippen molar-refractivity contribution in [2.75, 3.05) is 0 Å². The Morgan fingerprint density at radius 1 is 1.56 bits per heavy atom. The van der Waals surface area contributed by atoms with Gasteiger partial charge in [-0.3, -0.25) is 0 Å². The van der Waals surface area contributed by atoms with Crippen molar-refractivity contribution in [2.24, 2.45) is 0 Å². The minimum Gasteiger partial charge on any atom is -0.209 e. The first kappa shape index (κ1) is 5.70. The van der Waals surface area contributed by atoms with Gasteiger partial charge < -0.3 is 0 Å². The van der Waals surface area contributed by atoms with Crippen molar-refractivity contribution in [2.45, 2.75) is 0 Å². The van der Waals surface area contributed by atoms with Gasteiger partial charge in [-0.2, -0.15) is 9.65 Å². The molecule has 1 heterocycles. The van der Waals surface area contributed by atoms with Gasteiger partial charge in [-0.1, -0.05) is 6.07 Å². The lowest BCUT2D eigenvalue weighted by Gasteiger charge is -1.84. The standard InChI is InChI=1S/C6H3FN2/c7-6-3-1-2-5(4-8)9-6/h1-3H/i4+2. The molecule has 0 aliphatic heterocycles. The van der Waals surface area contributed by atoms with E-state index in [1.54, 1.807) is 6.07 Å². The SMILES string of the molecule is N#[14C]c1cccc(F)n1. The van der Waals surface area contributed by atoms with Crippen molar-refractivity contribution in [1.29, 1.82) is 5.26 Å². The second kappa shape index (κ2) is 2.23. The topological polar surface area (TPSA) is 36.7 Å². The van der Waals surface area contributed by atoms with Gasteiger partial charge in [-0.15, -0.1) is 0 Å². The highest BCUT2D eigenvalue weighted by Gasteiger charge is 1.90. The smallest absolute Gasteiger partial charge is 0.209 e. The molecule has 1 rings (SSSR count). The molecule has 0 fully saturated rings. The second-order valence-corrected chi connectivity index (χ2v) is 1.46. The van der Waals surface area contributed by atoms with Crippen LogP contribution in [0.3, 0.4) is 0 Å². The Morgan fingerprint density at radius 2 is 2.33 bits per heavy atom. The van der Waals surface area contributed by atoms with Gasteiger partial charge in [0, 0.05) is 0 Å². The van der Waals surface area contributed by atoms with E-state index >= 15 is 0 Å². The van der Waals surface area contributed by atoms with Crippen molar-refractivity contribution in [3.05, 3.63) is 29.8 Å². The summed E-state index contributed by atoms with van der Waals surface area (Å²) >= 11 is 0. The summed E-state index contributed by atoms with van der Waals surface area (Å²) in [4.78, 5) is 3.26. The van der Waals surface area contributed by atoms with Crippen LogP contribution in [0.2, 0.25) is 0 Å². The van der Waals surface area contributed by atoms with Crippen LogP contribution in [-0.2, 0) is 0 Å². The summed E-state index contributed by atoms with van der Waals surface area (Å²) in [6.07, 6.45) is 0. The van der Waals surface area contributed by atoms with Gasteiger partial charge in [0.15, 0.2) is 0 Å². The Bertz CT molecular complexity index is 251. The summed E-state index contributed by atoms with van der Waals surface area (Å²) in [7, 11) is 0. The number of hydrogen-bond acceptors (Lipinski definition) is 2. The zero-order valence-corrected chi connectivity index (χ0v) is 4.50. The van der Waals surface area contributed by atoms with E-state index in [4.69, 9.17) is 5.26 Å². The van der Waals surface area contributed by atoms with Crippen LogP contribution in [0, 0.1) is 17.3 Å². The van der Waals surface area contributed by atoms with Crippen molar-refractivity contribution < 1.29 is 4.39 Å². The molecule has 0 aliphatic carbocycles. The van der Waals surface area contributed by atoms with E-state index in [9.17, 15) is 4.39 Å². The fourth-order valence-electron chi connectivity index (χ4n) is 0.471. The summed E-state index contributed by atoms with van der Waals surface area (Å²) in [6.45, 7) is 0. The van der Waals surface area contributed by atoms with Gasteiger partial charge in [0.2, 0.25) is 5.95 Å². The molecule has 0 aromatic carbocycles. The molecule has 0 saturated heterocycles. The van der Waals surface area contributed by atoms with Gasteiger partial charge in [0.1, 0.15) is 11.8 Å². The van der Waals surface area contributed by atoms with E-state index in [1.165, 1.54) is 18.2 Å². The number of halogens is 1. The highest BCUT2D eigenvalue weighted by atomic mass is 19.1. The Hall–Kier alpha value is -1.43. The third kappa shape index (κ3) is 1.23. The molecule has 0 radical (unpaired) electrons. The fourth-order valence-corrected chi connectivity index (χ4v) is 0.471. The van der Waals surface area contributed by atoms with Crippen LogP contribution in [0.5, 0.6) is 0 Å². The van der Waals surface area contributed by atoms with Crippen LogP contribution in [0.25, 0.3) is 0 Å². The van der Waals surface area contributed by atoms with Gasteiger partial charge in [0.05, 0.1) is 0 Å². The number of pyridine rings is 1. The van der Waals surface area contributed by atoms with E-state index in [0.717, 1.165) is 0 Å². The minimum atomic E-state index is -0.617. The summed E-state index contributed by atoms with van der Waals surface area (Å²) < 4.78 is 12.1. The molecule has 0 saturated carbocycles. The van der Waals surface area contributed by atoms with E-state index in [2.05, 4.69) is 4.98 Å². The fraction of sp³-hybridized carbons (Fsp3) is 0. The van der Waals surface area contributed by atoms with Crippen LogP contribution in [-0.4, -0.2) is 4.98 Å². The third-order valence-electron chi connectivity index (χ3n) is 0.830. The molecule has 1 aromatic rings. The first-order valence-electron chi connectivity index (χ1n) is 2.35. The Morgan fingerprint density at radius 3 is 2.78 bits per heavy atom. The normalized spacial score (nSPS) is 8.44. The predicted octanol–water partition coefficient (Wildman–Crippen LogP) is 1.09. The third-order valence-corrected chi connectivity index (χ3v) is 0.830. The zero-order chi connectivity index (χ0) is 6.69. The van der Waals surface area contributed by atoms with Crippen LogP contribution in [0.15, 0.2) is 18.2 Å². The first-order valence-corrected chi connectivity index (χ1v) is 2.35. The second-order valence-electron chi connectivity index (χ2n) is 1.46. The molecule has 3 heteroatoms. The lowest BCUT2D eigenvalue weighted by atomic mass is 10.5. The number of nitriles is 1. The largest absolute Gasteiger partial charge is 0.214 e. The van der Waals surface area contributed by atoms with Crippen molar-refractivity contribution in [1.82, 2.24) is 4.98 Å². The molecule has 9 heavy (non-hydrogen) atoms. The summed E-state index contributed by atoms with van der Waals surface area (Å²) in [5.74, 6) is -0.617. The predicted molar refractivity (Wildman–Crippen MR) is 28.9 cm³/mol. The quantitative estimate of drug-likeness (QED) is 0.485. The zero-order valence-electron chi connectivity index (χ0n) is 4.50. The van der Waals surface area contributed by atoms with Crippen molar-refractivity contribution in [3.8, 4) is 6.07 Å². The average Bonchev–Trinajstić information content (AvgIpc) is 1.88. The van der Waals surface area contributed by atoms with Crippen LogP contribution in [0.1, 0.15) is 5.69 Å². The number of nitrogens with zero attached hydrogens (tertiary/aromatic N) is 2. The first-order chi connectivity index (χ1) is 4.33. The van der Waals surface area contributed by atoms with Gasteiger partial charge in [-0.25, -0.2) is 4.98 Å². The number of hydrogen-bond donors (Lipinski definition) is 0. The molecule has 1 aromatic heterocycles. The van der Waals surface area contributed by atoms with E-state index < -0.39 is 5.95 Å². The molecular weight excluding hydrogens is 121 g/mol. The lowest BCUT2D eigenvalue weighted by Crippen LogP contribution is -1.84. The van der Waals surface area contributed by atoms with Gasteiger partial charge >= 0.3 is 0 Å². The van der Waals surface area contributed by atoms with Crippen molar-refractivity contribution in [3.63, 3.8) is 0 Å². The van der Waals surface area contributed by atoms with Gasteiger partial charge in [-0.05, 0) is 12.1 Å². The molecule has 0 amide bonds. The Balaban J connectivity index is 3.12. The molecule has 44 valence electrons. The van der Waals surface area contributed by atoms with Gasteiger partial charge in [0.25, 0.3) is 0 Å². The van der Waals surface area contributed by atoms with Crippen LogP contribution >= 0.6 is 0 Å².